The van der Waals surface area contributed by atoms with Gasteiger partial charge in [-0.25, -0.2) is 0 Å². The van der Waals surface area contributed by atoms with Gasteiger partial charge in [0.25, 0.3) is 6.29 Å². The smallest absolute Gasteiger partial charge is 0.265 e. The molecule has 0 bridgehead atoms. The van der Waals surface area contributed by atoms with Crippen molar-refractivity contribution in [1.82, 2.24) is 5.32 Å². The van der Waals surface area contributed by atoms with Crippen molar-refractivity contribution in [3.05, 3.63) is 36.0 Å². The second-order valence-corrected chi connectivity index (χ2v) is 3.26. The Bertz CT molecular complexity index is 351. The van der Waals surface area contributed by atoms with Gasteiger partial charge in [-0.3, -0.25) is 0 Å². The zero-order valence-electron chi connectivity index (χ0n) is 8.43. The van der Waals surface area contributed by atoms with E-state index in [9.17, 15) is 0 Å². The number of fused-ring (bicyclic) bond motifs is 1. The molecular weight excluding hydrogens is 194 g/mol. The third-order valence-corrected chi connectivity index (χ3v) is 2.11. The van der Waals surface area contributed by atoms with Crippen LogP contribution in [0.2, 0.25) is 0 Å². The van der Waals surface area contributed by atoms with Crippen LogP contribution >= 0.6 is 0 Å². The number of benzene rings is 1. The third kappa shape index (κ3) is 2.05. The molecule has 0 unspecified atom stereocenters. The zero-order chi connectivity index (χ0) is 10.7. The van der Waals surface area contributed by atoms with Gasteiger partial charge in [0.15, 0.2) is 11.5 Å². The van der Waals surface area contributed by atoms with E-state index < -0.39 is 6.29 Å². The van der Waals surface area contributed by atoms with Gasteiger partial charge in [0.05, 0.1) is 0 Å². The lowest BCUT2D eigenvalue weighted by Gasteiger charge is -2.10. The van der Waals surface area contributed by atoms with E-state index in [1.54, 1.807) is 6.20 Å². The Morgan fingerprint density at radius 2 is 2.00 bits per heavy atom. The first kappa shape index (κ1) is 9.86. The molecule has 1 heterocycles. The van der Waals surface area contributed by atoms with E-state index in [1.807, 2.05) is 31.2 Å². The number of hydrogen-bond acceptors (Lipinski definition) is 4. The summed E-state index contributed by atoms with van der Waals surface area (Å²) < 4.78 is 11.1. The number of nitrogens with one attached hydrogen (secondary N) is 1. The van der Waals surface area contributed by atoms with Gasteiger partial charge < -0.3 is 19.9 Å². The number of hydrogen-bond donors (Lipinski definition) is 2. The molecule has 0 radical (unpaired) electrons. The van der Waals surface area contributed by atoms with E-state index in [0.717, 1.165) is 17.1 Å². The molecule has 4 heteroatoms. The fraction of sp³-hybridized carbons (Fsp3) is 0.273. The minimum absolute atomic E-state index is 0.100. The molecule has 15 heavy (non-hydrogen) atoms. The van der Waals surface area contributed by atoms with Crippen molar-refractivity contribution in [2.45, 2.75) is 13.2 Å². The predicted octanol–water partition coefficient (Wildman–Crippen LogP) is 1.23. The monoisotopic (exact) mass is 207 g/mol. The minimum Gasteiger partial charge on any atom is -0.447 e. The highest BCUT2D eigenvalue weighted by Gasteiger charge is 2.24. The second-order valence-electron chi connectivity index (χ2n) is 3.26. The first-order valence-corrected chi connectivity index (χ1v) is 4.74. The van der Waals surface area contributed by atoms with Crippen molar-refractivity contribution in [2.75, 3.05) is 6.73 Å². The van der Waals surface area contributed by atoms with E-state index in [2.05, 4.69) is 5.32 Å². The Balaban J connectivity index is 2.07. The van der Waals surface area contributed by atoms with Crippen LogP contribution in [0.25, 0.3) is 0 Å². The van der Waals surface area contributed by atoms with Crippen LogP contribution in [0.5, 0.6) is 11.5 Å². The molecule has 0 aliphatic carbocycles. The van der Waals surface area contributed by atoms with Crippen LogP contribution < -0.4 is 14.8 Å². The summed E-state index contributed by atoms with van der Waals surface area (Å²) >= 11 is 0. The third-order valence-electron chi connectivity index (χ3n) is 2.11. The molecule has 1 aromatic rings. The Morgan fingerprint density at radius 3 is 2.53 bits per heavy atom. The van der Waals surface area contributed by atoms with E-state index in [-0.39, 0.29) is 6.73 Å². The summed E-state index contributed by atoms with van der Waals surface area (Å²) in [7, 11) is 0. The Morgan fingerprint density at radius 1 is 1.40 bits per heavy atom. The fourth-order valence-electron chi connectivity index (χ4n) is 1.36. The standard InChI is InChI=1S/C11H13NO3/c1-8(6-12-7-13)11-14-9-4-2-3-5-10(9)15-11/h2-6,11-13H,7H2,1H3/b8-6+. The molecule has 0 spiro atoms. The highest BCUT2D eigenvalue weighted by molar-refractivity contribution is 5.42. The summed E-state index contributed by atoms with van der Waals surface area (Å²) in [5, 5.41) is 11.3. The van der Waals surface area contributed by atoms with Gasteiger partial charge in [0.1, 0.15) is 6.73 Å². The van der Waals surface area contributed by atoms with Gasteiger partial charge in [-0.05, 0) is 19.1 Å². The number of ether oxygens (including phenoxy) is 2. The molecule has 0 aromatic heterocycles. The summed E-state index contributed by atoms with van der Waals surface area (Å²) in [6.07, 6.45) is 1.28. The molecule has 0 amide bonds. The zero-order valence-corrected chi connectivity index (χ0v) is 8.43. The molecule has 0 fully saturated rings. The second kappa shape index (κ2) is 4.23. The van der Waals surface area contributed by atoms with Crippen LogP contribution in [0, 0.1) is 0 Å². The maximum Gasteiger partial charge on any atom is 0.265 e. The molecule has 1 aromatic carbocycles. The number of rotatable bonds is 3. The van der Waals surface area contributed by atoms with Crippen LogP contribution in [0.15, 0.2) is 36.0 Å². The summed E-state index contributed by atoms with van der Waals surface area (Å²) in [4.78, 5) is 0. The molecule has 80 valence electrons. The minimum atomic E-state index is -0.401. The first-order chi connectivity index (χ1) is 7.31. The molecule has 2 N–H and O–H groups in total. The highest BCUT2D eigenvalue weighted by atomic mass is 16.7. The molecule has 4 nitrogen and oxygen atoms in total. The van der Waals surface area contributed by atoms with Crippen molar-refractivity contribution in [2.24, 2.45) is 0 Å². The van der Waals surface area contributed by atoms with Gasteiger partial charge >= 0.3 is 0 Å². The van der Waals surface area contributed by atoms with Crippen molar-refractivity contribution in [3.63, 3.8) is 0 Å². The van der Waals surface area contributed by atoms with Gasteiger partial charge in [-0.2, -0.15) is 0 Å². The predicted molar refractivity (Wildman–Crippen MR) is 55.5 cm³/mol. The maximum absolute atomic E-state index is 8.59. The first-order valence-electron chi connectivity index (χ1n) is 4.74. The van der Waals surface area contributed by atoms with Crippen LogP contribution in [0.4, 0.5) is 0 Å². The number of aliphatic hydroxyl groups is 1. The largest absolute Gasteiger partial charge is 0.447 e. The molecule has 0 saturated carbocycles. The van der Waals surface area contributed by atoms with E-state index in [0.29, 0.717) is 0 Å². The molecular formula is C11H13NO3. The summed E-state index contributed by atoms with van der Waals surface area (Å²) in [5.74, 6) is 1.50. The lowest BCUT2D eigenvalue weighted by Crippen LogP contribution is -2.21. The fourth-order valence-corrected chi connectivity index (χ4v) is 1.36. The van der Waals surface area contributed by atoms with Crippen LogP contribution in [0.3, 0.4) is 0 Å². The Hall–Kier alpha value is -1.68. The lowest BCUT2D eigenvalue weighted by atomic mass is 10.3. The normalized spacial score (nSPS) is 15.5. The Kier molecular flexibility index (Phi) is 2.78. The molecule has 0 saturated heterocycles. The summed E-state index contributed by atoms with van der Waals surface area (Å²) in [6, 6.07) is 7.52. The van der Waals surface area contributed by atoms with Crippen LogP contribution in [-0.2, 0) is 0 Å². The molecule has 0 atom stereocenters. The summed E-state index contributed by atoms with van der Waals surface area (Å²) in [6.45, 7) is 1.77. The van der Waals surface area contributed by atoms with Crippen LogP contribution in [0.1, 0.15) is 6.92 Å². The van der Waals surface area contributed by atoms with Gasteiger partial charge in [0, 0.05) is 11.8 Å². The average molecular weight is 207 g/mol. The molecule has 1 aliphatic heterocycles. The average Bonchev–Trinajstić information content (AvgIpc) is 2.69. The molecule has 2 rings (SSSR count). The Labute approximate surface area is 88.1 Å². The lowest BCUT2D eigenvalue weighted by molar-refractivity contribution is 0.0831. The van der Waals surface area contributed by atoms with Crippen LogP contribution in [-0.4, -0.2) is 18.1 Å². The topological polar surface area (TPSA) is 50.7 Å². The van der Waals surface area contributed by atoms with E-state index in [1.165, 1.54) is 0 Å². The van der Waals surface area contributed by atoms with Crippen molar-refractivity contribution < 1.29 is 14.6 Å². The van der Waals surface area contributed by atoms with E-state index >= 15 is 0 Å². The molecule has 1 aliphatic rings. The number of aliphatic hydroxyl groups excluding tert-OH is 1. The van der Waals surface area contributed by atoms with Gasteiger partial charge in [0.2, 0.25) is 0 Å². The quantitative estimate of drug-likeness (QED) is 0.732. The SMILES string of the molecule is C/C(=C\NCO)C1Oc2ccccc2O1. The summed E-state index contributed by atoms with van der Waals surface area (Å²) in [5.41, 5.74) is 0.875. The van der Waals surface area contributed by atoms with Gasteiger partial charge in [-0.1, -0.05) is 12.1 Å². The highest BCUT2D eigenvalue weighted by Crippen LogP contribution is 2.35. The number of para-hydroxylation sites is 2. The van der Waals surface area contributed by atoms with E-state index in [4.69, 9.17) is 14.6 Å². The van der Waals surface area contributed by atoms with Crippen molar-refractivity contribution >= 4 is 0 Å². The van der Waals surface area contributed by atoms with Gasteiger partial charge in [-0.15, -0.1) is 0 Å². The van der Waals surface area contributed by atoms with Crippen molar-refractivity contribution in [3.8, 4) is 11.5 Å². The van der Waals surface area contributed by atoms with Crippen molar-refractivity contribution in [1.29, 1.82) is 0 Å². The maximum atomic E-state index is 8.59.